The third kappa shape index (κ3) is 3.53. The van der Waals surface area contributed by atoms with Gasteiger partial charge in [0.15, 0.2) is 0 Å². The highest BCUT2D eigenvalue weighted by Gasteiger charge is 2.28. The minimum atomic E-state index is -0.913. The summed E-state index contributed by atoms with van der Waals surface area (Å²) < 4.78 is 6.37. The van der Waals surface area contributed by atoms with E-state index in [1.54, 1.807) is 29.6 Å². The van der Waals surface area contributed by atoms with E-state index in [2.05, 4.69) is 9.84 Å². The van der Waals surface area contributed by atoms with E-state index in [1.807, 2.05) is 13.2 Å². The smallest absolute Gasteiger partial charge is 0.325 e. The molecule has 6 heteroatoms. The van der Waals surface area contributed by atoms with Crippen LogP contribution in [0.5, 0.6) is 0 Å². The second kappa shape index (κ2) is 5.36. The molecule has 1 aromatic rings. The number of hydrogen-bond donors (Lipinski definition) is 1. The summed E-state index contributed by atoms with van der Waals surface area (Å²) >= 11 is 1.62. The maximum absolute atomic E-state index is 11.3. The number of hydrogen-bond acceptors (Lipinski definition) is 5. The van der Waals surface area contributed by atoms with Crippen LogP contribution in [0.1, 0.15) is 13.3 Å². The van der Waals surface area contributed by atoms with Gasteiger partial charge in [0.1, 0.15) is 5.54 Å². The third-order valence-electron chi connectivity index (χ3n) is 2.22. The van der Waals surface area contributed by atoms with Gasteiger partial charge in [-0.2, -0.15) is 5.10 Å². The Kier molecular flexibility index (Phi) is 4.37. The van der Waals surface area contributed by atoms with Crippen molar-refractivity contribution in [1.29, 1.82) is 0 Å². The van der Waals surface area contributed by atoms with Crippen molar-refractivity contribution in [3.63, 3.8) is 0 Å². The Morgan fingerprint density at radius 3 is 2.94 bits per heavy atom. The first-order valence-corrected chi connectivity index (χ1v) is 5.93. The fourth-order valence-corrected chi connectivity index (χ4v) is 2.30. The highest BCUT2D eigenvalue weighted by atomic mass is 32.2. The van der Waals surface area contributed by atoms with E-state index in [0.717, 1.165) is 10.6 Å². The molecule has 16 heavy (non-hydrogen) atoms. The molecule has 0 aliphatic rings. The van der Waals surface area contributed by atoms with Crippen molar-refractivity contribution in [2.45, 2.75) is 23.8 Å². The fourth-order valence-electron chi connectivity index (χ4n) is 1.19. The topological polar surface area (TPSA) is 70.1 Å². The SMILES string of the molecule is COC(=O)C(C)(N)CCSc1cnn(C)c1. The molecule has 1 heterocycles. The number of carbonyl (C=O) groups is 1. The van der Waals surface area contributed by atoms with Crippen molar-refractivity contribution >= 4 is 17.7 Å². The first kappa shape index (κ1) is 13.1. The lowest BCUT2D eigenvalue weighted by atomic mass is 10.0. The van der Waals surface area contributed by atoms with Crippen LogP contribution in [0.2, 0.25) is 0 Å². The number of ether oxygens (including phenoxy) is 1. The molecule has 0 aliphatic heterocycles. The Morgan fingerprint density at radius 2 is 2.44 bits per heavy atom. The molecular formula is C10H17N3O2S. The van der Waals surface area contributed by atoms with Crippen molar-refractivity contribution in [1.82, 2.24) is 9.78 Å². The first-order chi connectivity index (χ1) is 7.45. The Morgan fingerprint density at radius 1 is 1.75 bits per heavy atom. The number of rotatable bonds is 5. The monoisotopic (exact) mass is 243 g/mol. The van der Waals surface area contributed by atoms with Gasteiger partial charge in [-0.05, 0) is 13.3 Å². The summed E-state index contributed by atoms with van der Waals surface area (Å²) in [6.07, 6.45) is 4.28. The molecule has 5 nitrogen and oxygen atoms in total. The fraction of sp³-hybridized carbons (Fsp3) is 0.600. The number of nitrogens with zero attached hydrogens (tertiary/aromatic N) is 2. The molecule has 0 spiro atoms. The highest BCUT2D eigenvalue weighted by Crippen LogP contribution is 2.20. The van der Waals surface area contributed by atoms with E-state index < -0.39 is 5.54 Å². The quantitative estimate of drug-likeness (QED) is 0.611. The number of carbonyl (C=O) groups excluding carboxylic acids is 1. The number of methoxy groups -OCH3 is 1. The van der Waals surface area contributed by atoms with Crippen molar-refractivity contribution < 1.29 is 9.53 Å². The molecule has 90 valence electrons. The molecule has 0 amide bonds. The van der Waals surface area contributed by atoms with Crippen LogP contribution < -0.4 is 5.73 Å². The summed E-state index contributed by atoms with van der Waals surface area (Å²) in [4.78, 5) is 12.4. The van der Waals surface area contributed by atoms with Crippen LogP contribution in [0.3, 0.4) is 0 Å². The van der Waals surface area contributed by atoms with Crippen molar-refractivity contribution in [3.8, 4) is 0 Å². The zero-order valence-corrected chi connectivity index (χ0v) is 10.6. The van der Waals surface area contributed by atoms with Gasteiger partial charge in [0.25, 0.3) is 0 Å². The van der Waals surface area contributed by atoms with Gasteiger partial charge >= 0.3 is 5.97 Å². The Hall–Kier alpha value is -1.01. The van der Waals surface area contributed by atoms with Crippen LogP contribution >= 0.6 is 11.8 Å². The Balaban J connectivity index is 2.38. The summed E-state index contributed by atoms with van der Waals surface area (Å²) in [5.74, 6) is 0.382. The summed E-state index contributed by atoms with van der Waals surface area (Å²) in [5, 5.41) is 4.06. The number of nitrogens with two attached hydrogens (primary N) is 1. The van der Waals surface area contributed by atoms with Crippen LogP contribution in [0.4, 0.5) is 0 Å². The van der Waals surface area contributed by atoms with E-state index in [4.69, 9.17) is 5.73 Å². The summed E-state index contributed by atoms with van der Waals surface area (Å²) in [6.45, 7) is 1.68. The van der Waals surface area contributed by atoms with Gasteiger partial charge in [0.05, 0.1) is 13.3 Å². The predicted octanol–water partition coefficient (Wildman–Crippen LogP) is 0.793. The van der Waals surface area contributed by atoms with Crippen LogP contribution in [-0.2, 0) is 16.6 Å². The molecule has 1 unspecified atom stereocenters. The molecule has 0 saturated heterocycles. The Bertz CT molecular complexity index is 363. The van der Waals surface area contributed by atoms with Crippen LogP contribution in [0.25, 0.3) is 0 Å². The molecule has 0 radical (unpaired) electrons. The minimum Gasteiger partial charge on any atom is -0.468 e. The van der Waals surface area contributed by atoms with E-state index in [0.29, 0.717) is 6.42 Å². The zero-order valence-electron chi connectivity index (χ0n) is 9.77. The predicted molar refractivity (Wildman–Crippen MR) is 63.2 cm³/mol. The second-order valence-electron chi connectivity index (χ2n) is 3.86. The van der Waals surface area contributed by atoms with Crippen LogP contribution in [0.15, 0.2) is 17.3 Å². The van der Waals surface area contributed by atoms with Gasteiger partial charge in [-0.3, -0.25) is 9.48 Å². The minimum absolute atomic E-state index is 0.376. The lowest BCUT2D eigenvalue weighted by Crippen LogP contribution is -2.46. The molecule has 0 aliphatic carbocycles. The van der Waals surface area contributed by atoms with Gasteiger partial charge in [-0.25, -0.2) is 0 Å². The van der Waals surface area contributed by atoms with E-state index >= 15 is 0 Å². The summed E-state index contributed by atoms with van der Waals surface area (Å²) in [6, 6.07) is 0. The summed E-state index contributed by atoms with van der Waals surface area (Å²) in [7, 11) is 3.22. The zero-order chi connectivity index (χ0) is 12.2. The van der Waals surface area contributed by atoms with Crippen LogP contribution in [-0.4, -0.2) is 34.2 Å². The number of thioether (sulfide) groups is 1. The molecule has 0 fully saturated rings. The molecule has 0 saturated carbocycles. The van der Waals surface area contributed by atoms with Crippen LogP contribution in [0, 0.1) is 0 Å². The standard InChI is InChI=1S/C10H17N3O2S/c1-10(11,9(14)15-3)4-5-16-8-6-12-13(2)7-8/h6-7H,4-5,11H2,1-3H3. The van der Waals surface area contributed by atoms with Gasteiger partial charge in [0, 0.05) is 23.9 Å². The molecule has 1 aromatic heterocycles. The largest absolute Gasteiger partial charge is 0.468 e. The van der Waals surface area contributed by atoms with Crippen molar-refractivity contribution in [2.24, 2.45) is 12.8 Å². The molecule has 1 atom stereocenters. The lowest BCUT2D eigenvalue weighted by Gasteiger charge is -2.20. The molecule has 2 N–H and O–H groups in total. The van der Waals surface area contributed by atoms with Gasteiger partial charge in [0.2, 0.25) is 0 Å². The van der Waals surface area contributed by atoms with E-state index in [9.17, 15) is 4.79 Å². The lowest BCUT2D eigenvalue weighted by molar-refractivity contribution is -0.146. The molecule has 0 bridgehead atoms. The highest BCUT2D eigenvalue weighted by molar-refractivity contribution is 7.99. The second-order valence-corrected chi connectivity index (χ2v) is 5.03. The molecule has 1 rings (SSSR count). The van der Waals surface area contributed by atoms with Gasteiger partial charge in [-0.15, -0.1) is 11.8 Å². The molecular weight excluding hydrogens is 226 g/mol. The number of aromatic nitrogens is 2. The normalized spacial score (nSPS) is 14.5. The maximum Gasteiger partial charge on any atom is 0.325 e. The number of aryl methyl sites for hydroxylation is 1. The van der Waals surface area contributed by atoms with E-state index in [1.165, 1.54) is 7.11 Å². The third-order valence-corrected chi connectivity index (χ3v) is 3.18. The molecule has 0 aromatic carbocycles. The number of esters is 1. The summed E-state index contributed by atoms with van der Waals surface area (Å²) in [5.41, 5.74) is 4.92. The first-order valence-electron chi connectivity index (χ1n) is 4.94. The van der Waals surface area contributed by atoms with E-state index in [-0.39, 0.29) is 5.97 Å². The Labute approximate surface area is 99.3 Å². The average Bonchev–Trinajstić information content (AvgIpc) is 2.62. The van der Waals surface area contributed by atoms with Crippen molar-refractivity contribution in [3.05, 3.63) is 12.4 Å². The maximum atomic E-state index is 11.3. The van der Waals surface area contributed by atoms with Gasteiger partial charge < -0.3 is 10.5 Å². The average molecular weight is 243 g/mol. The van der Waals surface area contributed by atoms with Gasteiger partial charge in [-0.1, -0.05) is 0 Å². The van der Waals surface area contributed by atoms with Crippen molar-refractivity contribution in [2.75, 3.05) is 12.9 Å².